The van der Waals surface area contributed by atoms with Crippen molar-refractivity contribution in [2.24, 2.45) is 0 Å². The third-order valence-electron chi connectivity index (χ3n) is 2.69. The van der Waals surface area contributed by atoms with E-state index in [1.807, 2.05) is 6.92 Å². The maximum atomic E-state index is 11.7. The van der Waals surface area contributed by atoms with Crippen molar-refractivity contribution >= 4 is 10.0 Å². The standard InChI is InChI=1S/C10H22N2O2S/c1-3-5-9(2)12-15(13,14)8-10-6-4-7-11-10/h9-12H,3-8H2,1-2H3. The summed E-state index contributed by atoms with van der Waals surface area (Å²) in [5, 5.41) is 3.20. The average molecular weight is 234 g/mol. The third-order valence-corrected chi connectivity index (χ3v) is 4.29. The van der Waals surface area contributed by atoms with Gasteiger partial charge >= 0.3 is 0 Å². The summed E-state index contributed by atoms with van der Waals surface area (Å²) >= 11 is 0. The second-order valence-electron chi connectivity index (χ2n) is 4.38. The van der Waals surface area contributed by atoms with Crippen LogP contribution in [-0.4, -0.2) is 32.8 Å². The molecule has 0 amide bonds. The van der Waals surface area contributed by atoms with Gasteiger partial charge in [0.25, 0.3) is 0 Å². The molecule has 1 heterocycles. The molecule has 1 aliphatic rings. The fourth-order valence-corrected chi connectivity index (χ4v) is 3.65. The summed E-state index contributed by atoms with van der Waals surface area (Å²) in [6, 6.07) is 0.206. The fraction of sp³-hybridized carbons (Fsp3) is 1.00. The van der Waals surface area contributed by atoms with Crippen LogP contribution in [0.4, 0.5) is 0 Å². The molecule has 0 aromatic heterocycles. The summed E-state index contributed by atoms with van der Waals surface area (Å²) < 4.78 is 26.2. The Hall–Kier alpha value is -0.130. The monoisotopic (exact) mass is 234 g/mol. The highest BCUT2D eigenvalue weighted by molar-refractivity contribution is 7.89. The van der Waals surface area contributed by atoms with Crippen LogP contribution in [0, 0.1) is 0 Å². The molecule has 5 heteroatoms. The van der Waals surface area contributed by atoms with E-state index in [0.29, 0.717) is 0 Å². The van der Waals surface area contributed by atoms with E-state index >= 15 is 0 Å². The molecule has 2 unspecified atom stereocenters. The van der Waals surface area contributed by atoms with Gasteiger partial charge in [-0.1, -0.05) is 13.3 Å². The van der Waals surface area contributed by atoms with Gasteiger partial charge in [-0.15, -0.1) is 0 Å². The number of sulfonamides is 1. The van der Waals surface area contributed by atoms with E-state index in [1.165, 1.54) is 0 Å². The number of nitrogens with one attached hydrogen (secondary N) is 2. The zero-order valence-electron chi connectivity index (χ0n) is 9.62. The molecule has 4 nitrogen and oxygen atoms in total. The lowest BCUT2D eigenvalue weighted by Crippen LogP contribution is -2.40. The Labute approximate surface area is 92.9 Å². The third kappa shape index (κ3) is 4.95. The zero-order chi connectivity index (χ0) is 11.3. The number of hydrogen-bond donors (Lipinski definition) is 2. The highest BCUT2D eigenvalue weighted by atomic mass is 32.2. The molecule has 0 spiro atoms. The average Bonchev–Trinajstić information content (AvgIpc) is 2.54. The number of rotatable bonds is 6. The van der Waals surface area contributed by atoms with Gasteiger partial charge in [0, 0.05) is 12.1 Å². The molecule has 0 aromatic rings. The molecule has 0 radical (unpaired) electrons. The number of hydrogen-bond acceptors (Lipinski definition) is 3. The van der Waals surface area contributed by atoms with Gasteiger partial charge in [0.1, 0.15) is 0 Å². The molecule has 1 fully saturated rings. The fourth-order valence-electron chi connectivity index (χ4n) is 2.01. The largest absolute Gasteiger partial charge is 0.313 e. The Morgan fingerprint density at radius 3 is 2.80 bits per heavy atom. The molecular formula is C10H22N2O2S. The molecule has 1 aliphatic heterocycles. The van der Waals surface area contributed by atoms with E-state index in [-0.39, 0.29) is 17.8 Å². The van der Waals surface area contributed by atoms with Crippen molar-refractivity contribution in [2.75, 3.05) is 12.3 Å². The molecule has 15 heavy (non-hydrogen) atoms. The normalized spacial score (nSPS) is 24.3. The van der Waals surface area contributed by atoms with E-state index in [9.17, 15) is 8.42 Å². The van der Waals surface area contributed by atoms with Crippen LogP contribution in [0.25, 0.3) is 0 Å². The topological polar surface area (TPSA) is 58.2 Å². The molecule has 2 atom stereocenters. The molecule has 0 saturated carbocycles. The Morgan fingerprint density at radius 2 is 2.27 bits per heavy atom. The van der Waals surface area contributed by atoms with Gasteiger partial charge < -0.3 is 5.32 Å². The predicted molar refractivity (Wildman–Crippen MR) is 62.3 cm³/mol. The van der Waals surface area contributed by atoms with Crippen LogP contribution >= 0.6 is 0 Å². The molecule has 1 saturated heterocycles. The highest BCUT2D eigenvalue weighted by Gasteiger charge is 2.22. The first-order valence-corrected chi connectivity index (χ1v) is 7.42. The lowest BCUT2D eigenvalue weighted by atomic mass is 10.2. The Bertz CT molecular complexity index is 271. The minimum Gasteiger partial charge on any atom is -0.313 e. The van der Waals surface area contributed by atoms with Gasteiger partial charge in [-0.05, 0) is 32.7 Å². The highest BCUT2D eigenvalue weighted by Crippen LogP contribution is 2.08. The van der Waals surface area contributed by atoms with E-state index < -0.39 is 10.0 Å². The quantitative estimate of drug-likeness (QED) is 0.716. The minimum absolute atomic E-state index is 0.0569. The summed E-state index contributed by atoms with van der Waals surface area (Å²) in [4.78, 5) is 0. The molecule has 0 bridgehead atoms. The summed E-state index contributed by atoms with van der Waals surface area (Å²) in [7, 11) is -3.10. The second-order valence-corrected chi connectivity index (χ2v) is 6.18. The van der Waals surface area contributed by atoms with Crippen molar-refractivity contribution in [3.8, 4) is 0 Å². The van der Waals surface area contributed by atoms with Crippen LogP contribution in [-0.2, 0) is 10.0 Å². The van der Waals surface area contributed by atoms with Crippen molar-refractivity contribution in [3.05, 3.63) is 0 Å². The maximum Gasteiger partial charge on any atom is 0.213 e. The van der Waals surface area contributed by atoms with E-state index in [1.54, 1.807) is 0 Å². The van der Waals surface area contributed by atoms with Gasteiger partial charge in [0.2, 0.25) is 10.0 Å². The second kappa shape index (κ2) is 5.82. The molecule has 2 N–H and O–H groups in total. The maximum absolute atomic E-state index is 11.7. The van der Waals surface area contributed by atoms with E-state index in [4.69, 9.17) is 0 Å². The first-order chi connectivity index (χ1) is 7.03. The Balaban J connectivity index is 2.37. The van der Waals surface area contributed by atoms with Crippen molar-refractivity contribution in [1.29, 1.82) is 0 Å². The van der Waals surface area contributed by atoms with Gasteiger partial charge in [0.05, 0.1) is 5.75 Å². The summed E-state index contributed by atoms with van der Waals surface area (Å²) in [6.45, 7) is 4.93. The molecule has 1 rings (SSSR count). The first-order valence-electron chi connectivity index (χ1n) is 5.77. The first kappa shape index (κ1) is 12.9. The van der Waals surface area contributed by atoms with Crippen LogP contribution < -0.4 is 10.0 Å². The SMILES string of the molecule is CCCC(C)NS(=O)(=O)CC1CCCN1. The minimum atomic E-state index is -3.10. The lowest BCUT2D eigenvalue weighted by molar-refractivity contribution is 0.533. The lowest BCUT2D eigenvalue weighted by Gasteiger charge is -2.16. The van der Waals surface area contributed by atoms with Crippen molar-refractivity contribution in [1.82, 2.24) is 10.0 Å². The molecule has 0 aliphatic carbocycles. The van der Waals surface area contributed by atoms with Gasteiger partial charge in [-0.3, -0.25) is 0 Å². The van der Waals surface area contributed by atoms with Crippen LogP contribution in [0.1, 0.15) is 39.5 Å². The summed E-state index contributed by atoms with van der Waals surface area (Å²) in [5.41, 5.74) is 0. The smallest absolute Gasteiger partial charge is 0.213 e. The predicted octanol–water partition coefficient (Wildman–Crippen LogP) is 0.846. The molecule has 0 aromatic carbocycles. The van der Waals surface area contributed by atoms with E-state index in [2.05, 4.69) is 17.0 Å². The van der Waals surface area contributed by atoms with Gasteiger partial charge in [-0.25, -0.2) is 13.1 Å². The Kier molecular flexibility index (Phi) is 5.02. The summed E-state index contributed by atoms with van der Waals surface area (Å²) in [5.74, 6) is 0.223. The summed E-state index contributed by atoms with van der Waals surface area (Å²) in [6.07, 6.45) is 3.97. The molecular weight excluding hydrogens is 212 g/mol. The van der Waals surface area contributed by atoms with Crippen LogP contribution in [0.15, 0.2) is 0 Å². The Morgan fingerprint density at radius 1 is 1.53 bits per heavy atom. The van der Waals surface area contributed by atoms with Crippen molar-refractivity contribution in [3.63, 3.8) is 0 Å². The van der Waals surface area contributed by atoms with Crippen molar-refractivity contribution in [2.45, 2.75) is 51.6 Å². The van der Waals surface area contributed by atoms with Crippen molar-refractivity contribution < 1.29 is 8.42 Å². The van der Waals surface area contributed by atoms with Crippen LogP contribution in [0.2, 0.25) is 0 Å². The van der Waals surface area contributed by atoms with Crippen LogP contribution in [0.3, 0.4) is 0 Å². The molecule has 90 valence electrons. The van der Waals surface area contributed by atoms with Crippen LogP contribution in [0.5, 0.6) is 0 Å². The van der Waals surface area contributed by atoms with E-state index in [0.717, 1.165) is 32.2 Å². The van der Waals surface area contributed by atoms with Gasteiger partial charge in [0.15, 0.2) is 0 Å². The zero-order valence-corrected chi connectivity index (χ0v) is 10.4. The van der Waals surface area contributed by atoms with Gasteiger partial charge in [-0.2, -0.15) is 0 Å².